The van der Waals surface area contributed by atoms with Gasteiger partial charge in [-0.25, -0.2) is 0 Å². The van der Waals surface area contributed by atoms with E-state index in [-0.39, 0.29) is 12.0 Å². The van der Waals surface area contributed by atoms with Crippen LogP contribution in [-0.4, -0.2) is 29.0 Å². The number of nitrogens with zero attached hydrogens (tertiary/aromatic N) is 2. The summed E-state index contributed by atoms with van der Waals surface area (Å²) in [5, 5.41) is 21.5. The summed E-state index contributed by atoms with van der Waals surface area (Å²) in [5.41, 5.74) is -0.285. The minimum Gasteiger partial charge on any atom is -0.395 e. The third-order valence-corrected chi connectivity index (χ3v) is 2.92. The Labute approximate surface area is 75.6 Å². The molecular formula is C7H13N3OS. The number of nitrogens with one attached hydrogen (secondary N) is 1. The average molecular weight is 187 g/mol. The Morgan fingerprint density at radius 3 is 2.58 bits per heavy atom. The van der Waals surface area contributed by atoms with Crippen LogP contribution in [0.15, 0.2) is 0 Å². The largest absolute Gasteiger partial charge is 0.395 e. The first-order valence-corrected chi connectivity index (χ1v) is 4.54. The van der Waals surface area contributed by atoms with Gasteiger partial charge < -0.3 is 10.4 Å². The predicted octanol–water partition coefficient (Wildman–Crippen LogP) is 0.850. The van der Waals surface area contributed by atoms with Crippen molar-refractivity contribution in [3.8, 4) is 0 Å². The molecule has 68 valence electrons. The standard InChI is InChI=1S/C7H13N3OS/c1-7(2,4-11)5-9-10-6(8-3)12-5/h11H,4H2,1-3H3,(H,8,10). The fourth-order valence-corrected chi connectivity index (χ4v) is 1.45. The highest BCUT2D eigenvalue weighted by molar-refractivity contribution is 7.15. The zero-order valence-corrected chi connectivity index (χ0v) is 8.27. The molecule has 0 radical (unpaired) electrons. The maximum atomic E-state index is 9.05. The van der Waals surface area contributed by atoms with Gasteiger partial charge in [0, 0.05) is 12.5 Å². The van der Waals surface area contributed by atoms with Gasteiger partial charge in [0.15, 0.2) is 0 Å². The minimum atomic E-state index is -0.285. The highest BCUT2D eigenvalue weighted by Gasteiger charge is 2.24. The van der Waals surface area contributed by atoms with Gasteiger partial charge in [-0.3, -0.25) is 0 Å². The summed E-state index contributed by atoms with van der Waals surface area (Å²) in [7, 11) is 1.80. The molecule has 1 aromatic heterocycles. The van der Waals surface area contributed by atoms with Gasteiger partial charge in [-0.2, -0.15) is 0 Å². The Kier molecular flexibility index (Phi) is 2.64. The number of rotatable bonds is 3. The van der Waals surface area contributed by atoms with Gasteiger partial charge in [0.25, 0.3) is 0 Å². The molecule has 2 N–H and O–H groups in total. The lowest BCUT2D eigenvalue weighted by Crippen LogP contribution is -2.21. The molecule has 0 aromatic carbocycles. The summed E-state index contributed by atoms with van der Waals surface area (Å²) < 4.78 is 0. The molecule has 0 aliphatic heterocycles. The second kappa shape index (κ2) is 3.37. The Hall–Kier alpha value is -0.680. The quantitative estimate of drug-likeness (QED) is 0.736. The van der Waals surface area contributed by atoms with Crippen LogP contribution < -0.4 is 5.32 Å². The van der Waals surface area contributed by atoms with Crippen LogP contribution in [0.4, 0.5) is 5.13 Å². The fraction of sp³-hybridized carbons (Fsp3) is 0.714. The number of hydrogen-bond donors (Lipinski definition) is 2. The number of aromatic nitrogens is 2. The topological polar surface area (TPSA) is 58.0 Å². The van der Waals surface area contributed by atoms with Crippen LogP contribution in [-0.2, 0) is 5.41 Å². The molecule has 0 unspecified atom stereocenters. The number of anilines is 1. The molecule has 1 heterocycles. The van der Waals surface area contributed by atoms with Crippen molar-refractivity contribution in [2.75, 3.05) is 19.0 Å². The van der Waals surface area contributed by atoms with Crippen LogP contribution in [0.3, 0.4) is 0 Å². The van der Waals surface area contributed by atoms with E-state index in [1.165, 1.54) is 11.3 Å². The maximum absolute atomic E-state index is 9.05. The third kappa shape index (κ3) is 1.73. The molecule has 0 atom stereocenters. The van der Waals surface area contributed by atoms with Gasteiger partial charge in [-0.05, 0) is 0 Å². The van der Waals surface area contributed by atoms with Crippen LogP contribution in [0.1, 0.15) is 18.9 Å². The highest BCUT2D eigenvalue weighted by Crippen LogP contribution is 2.27. The monoisotopic (exact) mass is 187 g/mol. The summed E-state index contributed by atoms with van der Waals surface area (Å²) in [6, 6.07) is 0. The van der Waals surface area contributed by atoms with Gasteiger partial charge in [0.2, 0.25) is 5.13 Å². The molecule has 0 aliphatic rings. The van der Waals surface area contributed by atoms with Gasteiger partial charge in [-0.1, -0.05) is 25.2 Å². The normalized spacial score (nSPS) is 11.7. The molecule has 0 saturated carbocycles. The van der Waals surface area contributed by atoms with E-state index in [1.807, 2.05) is 13.8 Å². The van der Waals surface area contributed by atoms with Crippen molar-refractivity contribution < 1.29 is 5.11 Å². The van der Waals surface area contributed by atoms with Crippen molar-refractivity contribution in [1.29, 1.82) is 0 Å². The summed E-state index contributed by atoms with van der Waals surface area (Å²) in [6.07, 6.45) is 0. The van der Waals surface area contributed by atoms with Crippen molar-refractivity contribution >= 4 is 16.5 Å². The van der Waals surface area contributed by atoms with E-state index in [0.29, 0.717) is 0 Å². The fourth-order valence-electron chi connectivity index (χ4n) is 0.665. The average Bonchev–Trinajstić information content (AvgIpc) is 2.52. The van der Waals surface area contributed by atoms with Crippen LogP contribution >= 0.6 is 11.3 Å². The molecule has 4 nitrogen and oxygen atoms in total. The van der Waals surface area contributed by atoms with Crippen molar-refractivity contribution in [2.24, 2.45) is 0 Å². The van der Waals surface area contributed by atoms with E-state index in [0.717, 1.165) is 10.1 Å². The maximum Gasteiger partial charge on any atom is 0.205 e. The molecule has 0 aliphatic carbocycles. The Morgan fingerprint density at radius 2 is 2.17 bits per heavy atom. The highest BCUT2D eigenvalue weighted by atomic mass is 32.1. The number of hydrogen-bond acceptors (Lipinski definition) is 5. The van der Waals surface area contributed by atoms with Crippen molar-refractivity contribution in [3.63, 3.8) is 0 Å². The first-order chi connectivity index (χ1) is 5.60. The van der Waals surface area contributed by atoms with E-state index < -0.39 is 0 Å². The summed E-state index contributed by atoms with van der Waals surface area (Å²) in [4.78, 5) is 0. The summed E-state index contributed by atoms with van der Waals surface area (Å²) >= 11 is 1.47. The van der Waals surface area contributed by atoms with Gasteiger partial charge in [-0.15, -0.1) is 10.2 Å². The Bertz CT molecular complexity index is 259. The summed E-state index contributed by atoms with van der Waals surface area (Å²) in [6.45, 7) is 3.96. The van der Waals surface area contributed by atoms with Crippen LogP contribution in [0.5, 0.6) is 0 Å². The van der Waals surface area contributed by atoms with Crippen molar-refractivity contribution in [3.05, 3.63) is 5.01 Å². The Morgan fingerprint density at radius 1 is 1.50 bits per heavy atom. The third-order valence-electron chi connectivity index (χ3n) is 1.61. The first-order valence-electron chi connectivity index (χ1n) is 3.73. The smallest absolute Gasteiger partial charge is 0.205 e. The van der Waals surface area contributed by atoms with E-state index in [4.69, 9.17) is 5.11 Å². The summed E-state index contributed by atoms with van der Waals surface area (Å²) in [5.74, 6) is 0. The predicted molar refractivity (Wildman–Crippen MR) is 49.6 cm³/mol. The van der Waals surface area contributed by atoms with Gasteiger partial charge in [0.05, 0.1) is 6.61 Å². The van der Waals surface area contributed by atoms with Crippen LogP contribution in [0, 0.1) is 0 Å². The lowest BCUT2D eigenvalue weighted by molar-refractivity contribution is 0.217. The molecule has 0 amide bonds. The zero-order valence-electron chi connectivity index (χ0n) is 7.46. The SMILES string of the molecule is CNc1nnc(C(C)(C)CO)s1. The van der Waals surface area contributed by atoms with Crippen molar-refractivity contribution in [1.82, 2.24) is 10.2 Å². The molecule has 12 heavy (non-hydrogen) atoms. The van der Waals surface area contributed by atoms with E-state index in [9.17, 15) is 0 Å². The first kappa shape index (κ1) is 9.41. The van der Waals surface area contributed by atoms with E-state index >= 15 is 0 Å². The molecule has 0 saturated heterocycles. The molecule has 0 bridgehead atoms. The van der Waals surface area contributed by atoms with Crippen molar-refractivity contribution in [2.45, 2.75) is 19.3 Å². The van der Waals surface area contributed by atoms with E-state index in [1.54, 1.807) is 7.05 Å². The zero-order chi connectivity index (χ0) is 9.19. The van der Waals surface area contributed by atoms with Gasteiger partial charge in [0.1, 0.15) is 5.01 Å². The minimum absolute atomic E-state index is 0.0886. The lowest BCUT2D eigenvalue weighted by Gasteiger charge is -2.16. The van der Waals surface area contributed by atoms with Crippen LogP contribution in [0.25, 0.3) is 0 Å². The molecular weight excluding hydrogens is 174 g/mol. The second-order valence-electron chi connectivity index (χ2n) is 3.20. The molecule has 0 spiro atoms. The molecule has 0 fully saturated rings. The van der Waals surface area contributed by atoms with Crippen LogP contribution in [0.2, 0.25) is 0 Å². The molecule has 1 rings (SSSR count). The lowest BCUT2D eigenvalue weighted by atomic mass is 9.96. The number of aliphatic hydroxyl groups excluding tert-OH is 1. The number of aliphatic hydroxyl groups is 1. The molecule has 1 aromatic rings. The molecule has 5 heteroatoms. The second-order valence-corrected chi connectivity index (χ2v) is 4.18. The Balaban J connectivity index is 2.88. The van der Waals surface area contributed by atoms with Gasteiger partial charge >= 0.3 is 0 Å². The van der Waals surface area contributed by atoms with E-state index in [2.05, 4.69) is 15.5 Å².